The second kappa shape index (κ2) is 10.3. The van der Waals surface area contributed by atoms with Gasteiger partial charge in [-0.15, -0.1) is 0 Å². The van der Waals surface area contributed by atoms with Crippen LogP contribution in [0.4, 0.5) is 0 Å². The van der Waals surface area contributed by atoms with E-state index in [1.807, 2.05) is 0 Å². The van der Waals surface area contributed by atoms with Crippen molar-refractivity contribution in [3.63, 3.8) is 0 Å². The maximum absolute atomic E-state index is 6.67. The number of hydrogen-bond donors (Lipinski definition) is 0. The molecule has 52 heavy (non-hydrogen) atoms. The van der Waals surface area contributed by atoms with Gasteiger partial charge in [0.05, 0.1) is 27.9 Å². The SMILES string of the molecule is c1ccc2c(-c3nc(-c4ccc(-n5c6ccc7cccc8oc9cccc%10ccc5c(c%109)c6c78)c5ccccc45)nc4ccccc34)cccc2c1. The van der Waals surface area contributed by atoms with Crippen molar-refractivity contribution in [2.75, 3.05) is 0 Å². The molecule has 0 bridgehead atoms. The highest BCUT2D eigenvalue weighted by atomic mass is 16.3. The predicted molar refractivity (Wildman–Crippen MR) is 216 cm³/mol. The first-order valence-electron chi connectivity index (χ1n) is 17.7. The lowest BCUT2D eigenvalue weighted by Crippen LogP contribution is -1.99. The van der Waals surface area contributed by atoms with Crippen molar-refractivity contribution in [2.24, 2.45) is 0 Å². The summed E-state index contributed by atoms with van der Waals surface area (Å²) in [5.41, 5.74) is 9.17. The average molecular weight is 662 g/mol. The fraction of sp³-hybridized carbons (Fsp3) is 0. The van der Waals surface area contributed by atoms with E-state index in [1.165, 1.54) is 32.3 Å². The summed E-state index contributed by atoms with van der Waals surface area (Å²) < 4.78 is 9.11. The lowest BCUT2D eigenvalue weighted by Gasteiger charge is -2.16. The average Bonchev–Trinajstić information content (AvgIpc) is 3.46. The van der Waals surface area contributed by atoms with E-state index < -0.39 is 0 Å². The molecule has 0 saturated heterocycles. The summed E-state index contributed by atoms with van der Waals surface area (Å²) in [6.45, 7) is 0. The van der Waals surface area contributed by atoms with Crippen molar-refractivity contribution in [3.05, 3.63) is 164 Å². The minimum Gasteiger partial charge on any atom is -0.456 e. The minimum absolute atomic E-state index is 0.712. The Kier molecular flexibility index (Phi) is 5.47. The summed E-state index contributed by atoms with van der Waals surface area (Å²) in [6, 6.07) is 58.2. The second-order valence-electron chi connectivity index (χ2n) is 13.7. The fourth-order valence-corrected chi connectivity index (χ4v) is 8.73. The number of nitrogens with zero attached hydrogens (tertiary/aromatic N) is 3. The van der Waals surface area contributed by atoms with Gasteiger partial charge in [0.25, 0.3) is 0 Å². The third-order valence-corrected chi connectivity index (χ3v) is 11.0. The van der Waals surface area contributed by atoms with Gasteiger partial charge < -0.3 is 8.98 Å². The molecule has 4 heteroatoms. The fourth-order valence-electron chi connectivity index (χ4n) is 8.73. The van der Waals surface area contributed by atoms with Gasteiger partial charge in [0.15, 0.2) is 5.82 Å². The maximum atomic E-state index is 6.67. The molecule has 0 unspecified atom stereocenters. The lowest BCUT2D eigenvalue weighted by atomic mass is 9.98. The van der Waals surface area contributed by atoms with Gasteiger partial charge in [-0.1, -0.05) is 121 Å². The molecule has 0 amide bonds. The van der Waals surface area contributed by atoms with Gasteiger partial charge in [-0.2, -0.15) is 0 Å². The van der Waals surface area contributed by atoms with Crippen LogP contribution in [-0.2, 0) is 0 Å². The zero-order valence-corrected chi connectivity index (χ0v) is 27.8. The molecular weight excluding hydrogens is 635 g/mol. The van der Waals surface area contributed by atoms with Gasteiger partial charge in [0, 0.05) is 43.4 Å². The molecule has 3 heterocycles. The number of hydrogen-bond acceptors (Lipinski definition) is 3. The van der Waals surface area contributed by atoms with Gasteiger partial charge in [-0.25, -0.2) is 9.97 Å². The third kappa shape index (κ3) is 3.70. The third-order valence-electron chi connectivity index (χ3n) is 11.0. The Balaban J connectivity index is 1.17. The van der Waals surface area contributed by atoms with Crippen LogP contribution in [0.15, 0.2) is 168 Å². The van der Waals surface area contributed by atoms with Gasteiger partial charge in [-0.3, -0.25) is 0 Å². The smallest absolute Gasteiger partial charge is 0.161 e. The predicted octanol–water partition coefficient (Wildman–Crippen LogP) is 12.9. The molecule has 0 spiro atoms. The van der Waals surface area contributed by atoms with E-state index in [2.05, 4.69) is 168 Å². The van der Waals surface area contributed by atoms with Crippen LogP contribution in [0.1, 0.15) is 0 Å². The zero-order valence-electron chi connectivity index (χ0n) is 27.8. The summed E-state index contributed by atoms with van der Waals surface area (Å²) in [4.78, 5) is 10.6. The molecule has 0 saturated carbocycles. The number of rotatable bonds is 3. The van der Waals surface area contributed by atoms with Crippen LogP contribution in [0.3, 0.4) is 0 Å². The first-order chi connectivity index (χ1) is 25.8. The summed E-state index contributed by atoms with van der Waals surface area (Å²) in [6.07, 6.45) is 0. The van der Waals surface area contributed by atoms with Crippen molar-refractivity contribution in [2.45, 2.75) is 0 Å². The molecule has 4 nitrogen and oxygen atoms in total. The van der Waals surface area contributed by atoms with Gasteiger partial charge >= 0.3 is 0 Å². The molecule has 9 aromatic carbocycles. The standard InChI is InChI=1S/C48H27N3O/c1-2-14-31-28(10-1)11-7-18-34(31)47-36-17-5-6-19-37(36)49-48(50-47)35-24-27-38(33-16-4-3-15-32(33)35)51-39-25-22-29-12-8-20-41-43(29)45(39)46-40(51)26-23-30-13-9-21-42(52-41)44(30)46/h1-27H. The molecule has 0 atom stereocenters. The van der Waals surface area contributed by atoms with Crippen LogP contribution in [0.2, 0.25) is 0 Å². The molecule has 0 aliphatic carbocycles. The van der Waals surface area contributed by atoms with Crippen molar-refractivity contribution in [3.8, 4) is 28.3 Å². The Hall–Kier alpha value is -7.04. The first-order valence-corrected chi connectivity index (χ1v) is 17.7. The molecule has 3 aromatic heterocycles. The van der Waals surface area contributed by atoms with E-state index in [-0.39, 0.29) is 0 Å². The Labute approximate surface area is 297 Å². The Bertz CT molecular complexity index is 3320. The Morgan fingerprint density at radius 2 is 0.981 bits per heavy atom. The highest BCUT2D eigenvalue weighted by molar-refractivity contribution is 6.33. The van der Waals surface area contributed by atoms with Gasteiger partial charge in [0.1, 0.15) is 11.2 Å². The minimum atomic E-state index is 0.712. The molecule has 0 aliphatic rings. The first kappa shape index (κ1) is 27.7. The van der Waals surface area contributed by atoms with Crippen LogP contribution in [0, 0.1) is 0 Å². The van der Waals surface area contributed by atoms with Gasteiger partial charge in [0.2, 0.25) is 0 Å². The van der Waals surface area contributed by atoms with E-state index in [0.717, 1.165) is 77.2 Å². The maximum Gasteiger partial charge on any atom is 0.161 e. The van der Waals surface area contributed by atoms with Crippen molar-refractivity contribution < 1.29 is 4.42 Å². The van der Waals surface area contributed by atoms with Crippen molar-refractivity contribution >= 4 is 87.0 Å². The highest BCUT2D eigenvalue weighted by Gasteiger charge is 2.23. The number of fused-ring (bicyclic) bond motifs is 3. The van der Waals surface area contributed by atoms with Crippen molar-refractivity contribution in [1.82, 2.24) is 14.5 Å². The summed E-state index contributed by atoms with van der Waals surface area (Å²) in [5.74, 6) is 0.712. The molecule has 12 aromatic rings. The highest BCUT2D eigenvalue weighted by Crippen LogP contribution is 2.46. The summed E-state index contributed by atoms with van der Waals surface area (Å²) in [7, 11) is 0. The van der Waals surface area contributed by atoms with E-state index in [1.54, 1.807) is 0 Å². The van der Waals surface area contributed by atoms with Crippen LogP contribution in [0.5, 0.6) is 0 Å². The van der Waals surface area contributed by atoms with Crippen LogP contribution in [0.25, 0.3) is 115 Å². The molecule has 0 N–H and O–H groups in total. The number of para-hydroxylation sites is 1. The lowest BCUT2D eigenvalue weighted by molar-refractivity contribution is 0.664. The second-order valence-corrected chi connectivity index (χ2v) is 13.7. The van der Waals surface area contributed by atoms with Crippen LogP contribution < -0.4 is 0 Å². The molecule has 0 aliphatic heterocycles. The van der Waals surface area contributed by atoms with Gasteiger partial charge in [-0.05, 0) is 69.4 Å². The topological polar surface area (TPSA) is 43.9 Å². The zero-order chi connectivity index (χ0) is 33.9. The molecule has 12 rings (SSSR count). The van der Waals surface area contributed by atoms with Crippen LogP contribution >= 0.6 is 0 Å². The monoisotopic (exact) mass is 661 g/mol. The Morgan fingerprint density at radius 1 is 0.385 bits per heavy atom. The van der Waals surface area contributed by atoms with E-state index >= 15 is 0 Å². The van der Waals surface area contributed by atoms with Crippen molar-refractivity contribution in [1.29, 1.82) is 0 Å². The molecule has 240 valence electrons. The van der Waals surface area contributed by atoms with E-state index in [9.17, 15) is 0 Å². The Morgan fingerprint density at radius 3 is 1.73 bits per heavy atom. The van der Waals surface area contributed by atoms with E-state index in [4.69, 9.17) is 14.4 Å². The quantitative estimate of drug-likeness (QED) is 0.189. The van der Waals surface area contributed by atoms with Crippen LogP contribution in [-0.4, -0.2) is 14.5 Å². The van der Waals surface area contributed by atoms with E-state index in [0.29, 0.717) is 5.82 Å². The molecule has 0 radical (unpaired) electrons. The summed E-state index contributed by atoms with van der Waals surface area (Å²) >= 11 is 0. The summed E-state index contributed by atoms with van der Waals surface area (Å²) in [5, 5.41) is 12.7. The normalized spacial score (nSPS) is 12.2. The molecular formula is C48H27N3O. The largest absolute Gasteiger partial charge is 0.456 e. The number of benzene rings is 9. The number of aromatic nitrogens is 3. The molecule has 0 fully saturated rings.